The van der Waals surface area contributed by atoms with Crippen LogP contribution in [0.3, 0.4) is 0 Å². The Bertz CT molecular complexity index is 4180. The van der Waals surface area contributed by atoms with Gasteiger partial charge in [-0.2, -0.15) is 5.10 Å². The van der Waals surface area contributed by atoms with Gasteiger partial charge in [-0.25, -0.2) is 8.42 Å². The van der Waals surface area contributed by atoms with E-state index in [1.54, 1.807) is 13.2 Å². The van der Waals surface area contributed by atoms with E-state index in [1.807, 2.05) is 109 Å². The summed E-state index contributed by atoms with van der Waals surface area (Å²) in [5, 5.41) is 23.8. The number of carbonyl (C=O) groups is 4. The van der Waals surface area contributed by atoms with Crippen LogP contribution in [0.4, 0.5) is 5.69 Å². The molecule has 0 unspecified atom stereocenters. The molecule has 0 aliphatic carbocycles. The zero-order chi connectivity index (χ0) is 84.5. The number of hydrogen-bond donors (Lipinski definition) is 2. The third kappa shape index (κ3) is 30.6. The summed E-state index contributed by atoms with van der Waals surface area (Å²) in [6, 6.07) is 30.7. The van der Waals surface area contributed by atoms with Crippen molar-refractivity contribution in [1.29, 1.82) is 0 Å². The van der Waals surface area contributed by atoms with Crippen molar-refractivity contribution < 1.29 is 67.4 Å². The molecule has 0 radical (unpaired) electrons. The SMILES string of the molecule is C=Cc1c(C(C)C)cccc1C(C)C.CC(C)c1ccc(Cl)c(C(C)C)c1CC(=O)Cl.CC(C)c1ccc(Cl)c(C(C)C)c1CC(=O)O.CC(C)c1ccc(Cl)c(C(C)C)c1CC(=O)[N-]S(=O)(=O)N(C[C@@H]1CCCN1C)c1cnn(C)c1.CC(C)c1cccc(C(C)C)c1Br.CC(C)c1cccc(C(C)C)c1CC(=O)O.[Na+]. The third-order valence-corrected chi connectivity index (χ3v) is 23.2. The molecule has 13 nitrogen and oxygen atoms in total. The Morgan fingerprint density at radius 3 is 1.12 bits per heavy atom. The maximum atomic E-state index is 13.4. The van der Waals surface area contributed by atoms with Crippen molar-refractivity contribution in [3.63, 3.8) is 0 Å². The minimum absolute atomic E-state index is 0. The van der Waals surface area contributed by atoms with Gasteiger partial charge >= 0.3 is 41.5 Å². The number of halogens is 5. The van der Waals surface area contributed by atoms with Gasteiger partial charge in [0, 0.05) is 58.2 Å². The predicted octanol–water partition coefficient (Wildman–Crippen LogP) is 23.6. The molecule has 1 saturated heterocycles. The van der Waals surface area contributed by atoms with Crippen LogP contribution in [-0.4, -0.2) is 82.6 Å². The normalized spacial score (nSPS) is 12.9. The van der Waals surface area contributed by atoms with Gasteiger partial charge in [-0.3, -0.25) is 23.4 Å². The fourth-order valence-corrected chi connectivity index (χ4v) is 18.0. The summed E-state index contributed by atoms with van der Waals surface area (Å²) in [4.78, 5) is 48.3. The van der Waals surface area contributed by atoms with Crippen LogP contribution in [-0.2, 0) is 62.1 Å². The average molecular weight is 1710 g/mol. The van der Waals surface area contributed by atoms with E-state index in [0.29, 0.717) is 63.1 Å². The Morgan fingerprint density at radius 2 is 0.830 bits per heavy atom. The molecule has 1 aliphatic heterocycles. The number of carbonyl (C=O) groups excluding carboxylic acids is 2. The maximum Gasteiger partial charge on any atom is 1.00 e. The first kappa shape index (κ1) is 103. The second-order valence-electron chi connectivity index (χ2n) is 32.7. The number of aliphatic carboxylic acids is 2. The van der Waals surface area contributed by atoms with Gasteiger partial charge < -0.3 is 24.6 Å². The maximum absolute atomic E-state index is 13.4. The van der Waals surface area contributed by atoms with Crippen molar-refractivity contribution in [2.75, 3.05) is 24.4 Å². The Kier molecular flexibility index (Phi) is 44.4. The van der Waals surface area contributed by atoms with E-state index in [2.05, 4.69) is 198 Å². The number of carboxylic acids is 2. The third-order valence-electron chi connectivity index (χ3n) is 19.9. The van der Waals surface area contributed by atoms with Crippen LogP contribution in [0.2, 0.25) is 15.1 Å². The van der Waals surface area contributed by atoms with Gasteiger partial charge in [0.25, 0.3) is 0 Å². The minimum Gasteiger partial charge on any atom is -0.528 e. The second-order valence-corrected chi connectivity index (χ2v) is 36.6. The van der Waals surface area contributed by atoms with E-state index in [4.69, 9.17) is 56.6 Å². The molecule has 1 fully saturated rings. The van der Waals surface area contributed by atoms with E-state index >= 15 is 0 Å². The van der Waals surface area contributed by atoms with Gasteiger partial charge in [-0.1, -0.05) is 302 Å². The number of nitrogens with zero attached hydrogens (tertiary/aromatic N) is 5. The number of likely N-dealkylation sites (tertiary alicyclic amines) is 1. The van der Waals surface area contributed by atoms with Crippen molar-refractivity contribution >= 4 is 107 Å². The van der Waals surface area contributed by atoms with E-state index in [-0.39, 0.29) is 96.7 Å². The molecule has 0 bridgehead atoms. The summed E-state index contributed by atoms with van der Waals surface area (Å²) in [5.74, 6) is 2.20. The quantitative estimate of drug-likeness (QED) is 0.0391. The van der Waals surface area contributed by atoms with E-state index in [0.717, 1.165) is 91.2 Å². The molecule has 2 N–H and O–H groups in total. The number of likely N-dealkylation sites (N-methyl/N-ethyl adjacent to an activating group) is 1. The zero-order valence-electron chi connectivity index (χ0n) is 72.1. The first-order chi connectivity index (χ1) is 51.6. The van der Waals surface area contributed by atoms with Gasteiger partial charge in [0.15, 0.2) is 10.2 Å². The molecule has 0 spiro atoms. The first-order valence-electron chi connectivity index (χ1n) is 39.3. The van der Waals surface area contributed by atoms with Crippen LogP contribution in [0.15, 0.2) is 114 Å². The number of rotatable bonds is 26. The Labute approximate surface area is 725 Å². The first-order valence-corrected chi connectivity index (χ1v) is 43.0. The molecule has 1 aliphatic rings. The number of anilines is 1. The predicted molar refractivity (Wildman–Crippen MR) is 475 cm³/mol. The zero-order valence-corrected chi connectivity index (χ0v) is 79.6. The van der Waals surface area contributed by atoms with Crippen molar-refractivity contribution in [1.82, 2.24) is 14.7 Å². The van der Waals surface area contributed by atoms with Crippen LogP contribution in [0.25, 0.3) is 10.8 Å². The monoisotopic (exact) mass is 1710 g/mol. The van der Waals surface area contributed by atoms with E-state index in [9.17, 15) is 27.6 Å². The standard InChI is InChI=1S/C24H36ClN5O3S.C14H18Cl2O.C14H19ClO2.C14H20O2.C14H20.C12H17Br.Na/c1-16(2)20-9-10-22(25)24(17(3)4)21(20)12-23(31)27-34(32,33)30(19-13-26-29(6)14-19)15-18-8-7-11-28(18)5;2*1-8(2)10-5-6-12(15)14(9(3)4)11(10)7-13(16)17;1-9(2)11-6-5-7-12(10(3)4)13(11)8-14(15)16;1-6-12-13(10(2)3)8-7-9-14(12)11(4)5;1-8(2)10-6-5-7-11(9(3)4)12(10)13;/h9-10,13-14,16-18H,7-8,11-12,15H2,1-6H3,(H,27,31);5-6,8-9H,7H2,1-4H3;5-6,8-9H,7H2,1-4H3,(H,16,17);5-7,9-10H,8H2,1-4H3,(H,15,16);6-11H,1H2,2-5H3;5-9H,1-4H3;/q;;;;;;+1/p-1/t18-;;;;;;/m0....../s1. The molecule has 1 atom stereocenters. The van der Waals surface area contributed by atoms with Crippen LogP contribution < -0.4 is 33.9 Å². The van der Waals surface area contributed by atoms with Crippen LogP contribution in [0.5, 0.6) is 0 Å². The smallest absolute Gasteiger partial charge is 0.528 e. The molecular weight excluding hydrogens is 1580 g/mol. The molecule has 1 aromatic heterocycles. The Morgan fingerprint density at radius 1 is 0.509 bits per heavy atom. The number of carboxylic acid groups (broad SMARTS) is 2. The number of amides is 1. The molecule has 612 valence electrons. The molecule has 112 heavy (non-hydrogen) atoms. The summed E-state index contributed by atoms with van der Waals surface area (Å²) in [7, 11) is -0.572. The molecule has 7 aromatic rings. The van der Waals surface area contributed by atoms with Gasteiger partial charge in [-0.05, 0) is 222 Å². The molecule has 0 saturated carbocycles. The van der Waals surface area contributed by atoms with Gasteiger partial charge in [0.1, 0.15) is 0 Å². The summed E-state index contributed by atoms with van der Waals surface area (Å²) in [6.45, 7) is 55.9. The van der Waals surface area contributed by atoms with Crippen LogP contribution >= 0.6 is 62.3 Å². The molecule has 1 amide bonds. The van der Waals surface area contributed by atoms with Crippen LogP contribution in [0, 0.1) is 0 Å². The molecule has 8 rings (SSSR count). The topological polar surface area (TPSA) is 181 Å². The number of aryl methyl sites for hydroxylation is 1. The van der Waals surface area contributed by atoms with E-state index < -0.39 is 28.1 Å². The summed E-state index contributed by atoms with van der Waals surface area (Å²) < 4.78 is 34.6. The van der Waals surface area contributed by atoms with Gasteiger partial charge in [-0.15, -0.1) is 0 Å². The summed E-state index contributed by atoms with van der Waals surface area (Å²) in [5.41, 5.74) is 19.4. The fourth-order valence-electron chi connectivity index (χ4n) is 14.3. The van der Waals surface area contributed by atoms with Gasteiger partial charge in [0.2, 0.25) is 5.24 Å². The average Bonchev–Trinajstić information content (AvgIpc) is 1.53. The summed E-state index contributed by atoms with van der Waals surface area (Å²) in [6.07, 6.45) is 7.29. The van der Waals surface area contributed by atoms with E-state index in [1.165, 1.54) is 47.5 Å². The second kappa shape index (κ2) is 48.4. The fraction of sp³-hybridized carbons (Fsp3) is 0.511. The molecule has 2 heterocycles. The number of benzene rings is 6. The van der Waals surface area contributed by atoms with Crippen molar-refractivity contribution in [3.8, 4) is 0 Å². The van der Waals surface area contributed by atoms with Crippen molar-refractivity contribution in [3.05, 3.63) is 229 Å². The van der Waals surface area contributed by atoms with Gasteiger partial charge in [0.05, 0.1) is 30.6 Å². The molecular formula is C92H129BrCl4N5NaO8S. The van der Waals surface area contributed by atoms with Crippen LogP contribution in [0.1, 0.15) is 345 Å². The number of hydrogen-bond acceptors (Lipinski definition) is 8. The molecule has 6 aromatic carbocycles. The van der Waals surface area contributed by atoms with Crippen molar-refractivity contribution in [2.45, 2.75) is 282 Å². The van der Waals surface area contributed by atoms with Crippen molar-refractivity contribution in [2.24, 2.45) is 7.05 Å². The largest absolute Gasteiger partial charge is 1.00 e. The Balaban J connectivity index is 0.000000475. The minimum atomic E-state index is -4.27. The summed E-state index contributed by atoms with van der Waals surface area (Å²) >= 11 is 28.1. The molecule has 20 heteroatoms. The number of aromatic nitrogens is 2. The Hall–Kier alpha value is -5.30.